The fraction of sp³-hybridized carbons (Fsp3) is 0.421. The van der Waals surface area contributed by atoms with E-state index in [4.69, 9.17) is 11.6 Å². The van der Waals surface area contributed by atoms with E-state index in [9.17, 15) is 0 Å². The molecule has 0 spiro atoms. The molecular weight excluding hydrogens is 324 g/mol. The second kappa shape index (κ2) is 8.18. The van der Waals surface area contributed by atoms with Gasteiger partial charge < -0.3 is 4.90 Å². The fourth-order valence-electron chi connectivity index (χ4n) is 3.04. The molecule has 1 aromatic heterocycles. The highest BCUT2D eigenvalue weighted by Crippen LogP contribution is 2.28. The van der Waals surface area contributed by atoms with Gasteiger partial charge in [-0.25, -0.2) is 0 Å². The summed E-state index contributed by atoms with van der Waals surface area (Å²) in [7, 11) is 2.21. The molecule has 2 aromatic rings. The molecule has 0 atom stereocenters. The van der Waals surface area contributed by atoms with Crippen LogP contribution in [0, 0.1) is 5.92 Å². The van der Waals surface area contributed by atoms with Crippen LogP contribution < -0.4 is 0 Å². The minimum Gasteiger partial charge on any atom is -0.306 e. The maximum Gasteiger partial charge on any atom is 0.0446 e. The Balaban J connectivity index is 1.63. The molecule has 0 N–H and O–H groups in total. The molecule has 1 saturated heterocycles. The molecule has 2 heterocycles. The molecule has 23 heavy (non-hydrogen) atoms. The van der Waals surface area contributed by atoms with Crippen molar-refractivity contribution in [1.82, 2.24) is 9.88 Å². The molecular formula is C19H23ClN2S. The van der Waals surface area contributed by atoms with E-state index in [1.165, 1.54) is 42.1 Å². The van der Waals surface area contributed by atoms with Crippen LogP contribution in [0.1, 0.15) is 24.1 Å². The number of likely N-dealkylation sites (tertiary alicyclic amines) is 1. The topological polar surface area (TPSA) is 16.1 Å². The number of piperidine rings is 1. The highest BCUT2D eigenvalue weighted by molar-refractivity contribution is 7.98. The average molecular weight is 347 g/mol. The van der Waals surface area contributed by atoms with Crippen LogP contribution in [-0.4, -0.2) is 30.0 Å². The molecule has 3 rings (SSSR count). The largest absolute Gasteiger partial charge is 0.306 e. The summed E-state index contributed by atoms with van der Waals surface area (Å²) < 4.78 is 0. The monoisotopic (exact) mass is 346 g/mol. The molecule has 4 heteroatoms. The SMILES string of the molecule is CN1CCC(Cc2ncccc2CSc2cccc(Cl)c2)CC1. The van der Waals surface area contributed by atoms with Crippen molar-refractivity contribution in [1.29, 1.82) is 0 Å². The van der Waals surface area contributed by atoms with Crippen molar-refractivity contribution in [3.63, 3.8) is 0 Å². The number of hydrogen-bond acceptors (Lipinski definition) is 3. The minimum absolute atomic E-state index is 0.774. The highest BCUT2D eigenvalue weighted by atomic mass is 35.5. The molecule has 0 unspecified atom stereocenters. The van der Waals surface area contributed by atoms with E-state index in [1.807, 2.05) is 42.2 Å². The number of hydrogen-bond donors (Lipinski definition) is 0. The normalized spacial score (nSPS) is 16.6. The van der Waals surface area contributed by atoms with Crippen molar-refractivity contribution in [3.05, 3.63) is 58.9 Å². The zero-order valence-corrected chi connectivity index (χ0v) is 15.1. The molecule has 122 valence electrons. The lowest BCUT2D eigenvalue weighted by Gasteiger charge is -2.29. The Hall–Kier alpha value is -1.03. The fourth-order valence-corrected chi connectivity index (χ4v) is 4.27. The standard InChI is InChI=1S/C19H23ClN2S/c1-22-10-7-15(8-11-22)12-19-16(4-3-9-21-19)14-23-18-6-2-5-17(20)13-18/h2-6,9,13,15H,7-8,10-12,14H2,1H3. The summed E-state index contributed by atoms with van der Waals surface area (Å²) >= 11 is 7.90. The molecule has 0 radical (unpaired) electrons. The van der Waals surface area contributed by atoms with Crippen molar-refractivity contribution >= 4 is 23.4 Å². The first-order valence-electron chi connectivity index (χ1n) is 8.20. The Morgan fingerprint density at radius 3 is 2.83 bits per heavy atom. The quantitative estimate of drug-likeness (QED) is 0.715. The second-order valence-corrected chi connectivity index (χ2v) is 7.79. The van der Waals surface area contributed by atoms with Gasteiger partial charge in [0, 0.05) is 27.6 Å². The zero-order chi connectivity index (χ0) is 16.1. The number of rotatable bonds is 5. The summed E-state index contributed by atoms with van der Waals surface area (Å²) in [6, 6.07) is 12.3. The van der Waals surface area contributed by atoms with Gasteiger partial charge in [0.15, 0.2) is 0 Å². The van der Waals surface area contributed by atoms with Crippen LogP contribution in [0.3, 0.4) is 0 Å². The number of pyridine rings is 1. The Labute approximate surface area is 148 Å². The first-order chi connectivity index (χ1) is 11.2. The van der Waals surface area contributed by atoms with Gasteiger partial charge in [0.1, 0.15) is 0 Å². The van der Waals surface area contributed by atoms with E-state index in [-0.39, 0.29) is 0 Å². The van der Waals surface area contributed by atoms with Crippen molar-refractivity contribution in [2.24, 2.45) is 5.92 Å². The van der Waals surface area contributed by atoms with Crippen LogP contribution in [0.15, 0.2) is 47.5 Å². The summed E-state index contributed by atoms with van der Waals surface area (Å²) in [5.74, 6) is 1.73. The molecule has 1 aliphatic heterocycles. The number of nitrogens with zero attached hydrogens (tertiary/aromatic N) is 2. The Morgan fingerprint density at radius 1 is 1.22 bits per heavy atom. The summed E-state index contributed by atoms with van der Waals surface area (Å²) in [4.78, 5) is 8.30. The summed E-state index contributed by atoms with van der Waals surface area (Å²) in [5, 5.41) is 0.799. The van der Waals surface area contributed by atoms with Crippen LogP contribution in [0.5, 0.6) is 0 Å². The number of halogens is 1. The average Bonchev–Trinajstić information content (AvgIpc) is 2.56. The smallest absolute Gasteiger partial charge is 0.0446 e. The van der Waals surface area contributed by atoms with Gasteiger partial charge in [-0.1, -0.05) is 23.7 Å². The van der Waals surface area contributed by atoms with E-state index in [1.54, 1.807) is 0 Å². The Morgan fingerprint density at radius 2 is 2.04 bits per heavy atom. The molecule has 2 nitrogen and oxygen atoms in total. The van der Waals surface area contributed by atoms with Gasteiger partial charge in [0.25, 0.3) is 0 Å². The van der Waals surface area contributed by atoms with Crippen LogP contribution in [-0.2, 0) is 12.2 Å². The van der Waals surface area contributed by atoms with Gasteiger partial charge in [-0.2, -0.15) is 0 Å². The lowest BCUT2D eigenvalue weighted by atomic mass is 9.91. The molecule has 1 aliphatic rings. The van der Waals surface area contributed by atoms with Gasteiger partial charge in [-0.3, -0.25) is 4.98 Å². The van der Waals surface area contributed by atoms with Crippen molar-refractivity contribution in [2.75, 3.05) is 20.1 Å². The maximum absolute atomic E-state index is 6.07. The highest BCUT2D eigenvalue weighted by Gasteiger charge is 2.18. The van der Waals surface area contributed by atoms with Gasteiger partial charge >= 0.3 is 0 Å². The lowest BCUT2D eigenvalue weighted by Crippen LogP contribution is -2.31. The van der Waals surface area contributed by atoms with Crippen molar-refractivity contribution < 1.29 is 0 Å². The van der Waals surface area contributed by atoms with E-state index in [2.05, 4.69) is 29.1 Å². The summed E-state index contributed by atoms with van der Waals surface area (Å²) in [6.45, 7) is 2.42. The first kappa shape index (κ1) is 16.8. The molecule has 0 saturated carbocycles. The van der Waals surface area contributed by atoms with Gasteiger partial charge in [0.2, 0.25) is 0 Å². The summed E-state index contributed by atoms with van der Waals surface area (Å²) in [6.07, 6.45) is 5.61. The molecule has 0 aliphatic carbocycles. The Bertz CT molecular complexity index is 639. The third-order valence-corrected chi connectivity index (χ3v) is 5.77. The zero-order valence-electron chi connectivity index (χ0n) is 13.5. The van der Waals surface area contributed by atoms with E-state index in [0.717, 1.165) is 23.1 Å². The van der Waals surface area contributed by atoms with E-state index < -0.39 is 0 Å². The van der Waals surface area contributed by atoms with Crippen molar-refractivity contribution in [3.8, 4) is 0 Å². The van der Waals surface area contributed by atoms with Crippen LogP contribution >= 0.6 is 23.4 Å². The van der Waals surface area contributed by atoms with Crippen molar-refractivity contribution in [2.45, 2.75) is 29.9 Å². The second-order valence-electron chi connectivity index (χ2n) is 6.31. The van der Waals surface area contributed by atoms with E-state index >= 15 is 0 Å². The van der Waals surface area contributed by atoms with E-state index in [0.29, 0.717) is 0 Å². The number of aromatic nitrogens is 1. The lowest BCUT2D eigenvalue weighted by molar-refractivity contribution is 0.218. The number of thioether (sulfide) groups is 1. The third kappa shape index (κ3) is 4.97. The Kier molecular flexibility index (Phi) is 5.98. The molecule has 1 aromatic carbocycles. The van der Waals surface area contributed by atoms with Gasteiger partial charge in [-0.15, -0.1) is 11.8 Å². The molecule has 1 fully saturated rings. The first-order valence-corrected chi connectivity index (χ1v) is 9.57. The van der Waals surface area contributed by atoms with Crippen LogP contribution in [0.25, 0.3) is 0 Å². The van der Waals surface area contributed by atoms with Gasteiger partial charge in [-0.05, 0) is 75.1 Å². The third-order valence-electron chi connectivity index (χ3n) is 4.50. The molecule has 0 amide bonds. The predicted octanol–water partition coefficient (Wildman–Crippen LogP) is 4.91. The molecule has 0 bridgehead atoms. The summed E-state index contributed by atoms with van der Waals surface area (Å²) in [5.41, 5.74) is 2.63. The maximum atomic E-state index is 6.07. The predicted molar refractivity (Wildman–Crippen MR) is 99.2 cm³/mol. The number of benzene rings is 1. The van der Waals surface area contributed by atoms with Crippen LogP contribution in [0.4, 0.5) is 0 Å². The van der Waals surface area contributed by atoms with Crippen LogP contribution in [0.2, 0.25) is 5.02 Å². The minimum atomic E-state index is 0.774. The van der Waals surface area contributed by atoms with Gasteiger partial charge in [0.05, 0.1) is 0 Å².